The van der Waals surface area contributed by atoms with Crippen LogP contribution in [0.5, 0.6) is 0 Å². The first-order chi connectivity index (χ1) is 9.81. The Labute approximate surface area is 138 Å². The summed E-state index contributed by atoms with van der Waals surface area (Å²) >= 11 is 18.1. The van der Waals surface area contributed by atoms with E-state index in [0.29, 0.717) is 10.6 Å². The summed E-state index contributed by atoms with van der Waals surface area (Å²) in [5.74, 6) is 0. The van der Waals surface area contributed by atoms with E-state index in [0.717, 1.165) is 0 Å². The summed E-state index contributed by atoms with van der Waals surface area (Å²) in [5.41, 5.74) is 0.618. The van der Waals surface area contributed by atoms with Crippen LogP contribution in [0, 0.1) is 0 Å². The van der Waals surface area contributed by atoms with E-state index in [4.69, 9.17) is 34.8 Å². The molecular weight excluding hydrogens is 353 g/mol. The van der Waals surface area contributed by atoms with Crippen molar-refractivity contribution >= 4 is 44.8 Å². The Bertz CT molecular complexity index is 701. The molecule has 7 heteroatoms. The zero-order valence-electron chi connectivity index (χ0n) is 10.8. The Morgan fingerprint density at radius 1 is 0.952 bits per heavy atom. The van der Waals surface area contributed by atoms with E-state index in [1.165, 1.54) is 24.3 Å². The van der Waals surface area contributed by atoms with Gasteiger partial charge in [-0.05, 0) is 29.8 Å². The van der Waals surface area contributed by atoms with Gasteiger partial charge in [0.1, 0.15) is 0 Å². The molecule has 0 heterocycles. The number of sulfonamides is 1. The van der Waals surface area contributed by atoms with Gasteiger partial charge >= 0.3 is 0 Å². The highest BCUT2D eigenvalue weighted by molar-refractivity contribution is 7.89. The Morgan fingerprint density at radius 3 is 2.10 bits per heavy atom. The van der Waals surface area contributed by atoms with Crippen LogP contribution in [-0.2, 0) is 14.4 Å². The average molecular weight is 365 g/mol. The number of alkyl halides is 2. The maximum atomic E-state index is 12.1. The van der Waals surface area contributed by atoms with Crippen molar-refractivity contribution in [1.82, 2.24) is 4.72 Å². The van der Waals surface area contributed by atoms with Crippen LogP contribution in [0.15, 0.2) is 59.5 Å². The quantitative estimate of drug-likeness (QED) is 0.817. The van der Waals surface area contributed by atoms with Crippen LogP contribution >= 0.6 is 34.8 Å². The molecule has 3 nitrogen and oxygen atoms in total. The second kappa shape index (κ2) is 6.55. The third-order valence-corrected chi connectivity index (χ3v) is 5.18. The molecule has 0 aliphatic heterocycles. The molecular formula is C14H12Cl3NO2S. The van der Waals surface area contributed by atoms with Gasteiger partial charge in [0.2, 0.25) is 10.0 Å². The zero-order chi connectivity index (χ0) is 15.5. The largest absolute Gasteiger partial charge is 0.240 e. The van der Waals surface area contributed by atoms with Crippen molar-refractivity contribution in [3.8, 4) is 0 Å². The molecule has 0 saturated heterocycles. The zero-order valence-corrected chi connectivity index (χ0v) is 13.8. The number of rotatable bonds is 5. The summed E-state index contributed by atoms with van der Waals surface area (Å²) in [6.07, 6.45) is 0. The monoisotopic (exact) mass is 363 g/mol. The number of halogens is 3. The number of hydrogen-bond acceptors (Lipinski definition) is 2. The van der Waals surface area contributed by atoms with E-state index in [2.05, 4.69) is 4.72 Å². The number of hydrogen-bond donors (Lipinski definition) is 1. The summed E-state index contributed by atoms with van der Waals surface area (Å²) in [6.45, 7) is -0.148. The van der Waals surface area contributed by atoms with Crippen molar-refractivity contribution < 1.29 is 8.42 Å². The van der Waals surface area contributed by atoms with Gasteiger partial charge in [-0.2, -0.15) is 0 Å². The lowest BCUT2D eigenvalue weighted by molar-refractivity contribution is 0.578. The molecule has 1 N–H and O–H groups in total. The molecule has 2 aromatic carbocycles. The highest BCUT2D eigenvalue weighted by Gasteiger charge is 2.28. The van der Waals surface area contributed by atoms with Crippen molar-refractivity contribution in [2.75, 3.05) is 6.54 Å². The topological polar surface area (TPSA) is 46.2 Å². The lowest BCUT2D eigenvalue weighted by Crippen LogP contribution is -2.33. The van der Waals surface area contributed by atoms with Crippen LogP contribution in [-0.4, -0.2) is 15.0 Å². The summed E-state index contributed by atoms with van der Waals surface area (Å²) in [7, 11) is -3.70. The molecule has 21 heavy (non-hydrogen) atoms. The van der Waals surface area contributed by atoms with Gasteiger partial charge in [-0.1, -0.05) is 65.1 Å². The van der Waals surface area contributed by atoms with Crippen molar-refractivity contribution in [3.05, 3.63) is 65.2 Å². The van der Waals surface area contributed by atoms with E-state index in [1.807, 2.05) is 6.07 Å². The van der Waals surface area contributed by atoms with Crippen LogP contribution in [0.3, 0.4) is 0 Å². The summed E-state index contributed by atoms with van der Waals surface area (Å²) in [5, 5.41) is 0.460. The Hall–Kier alpha value is -0.780. The maximum Gasteiger partial charge on any atom is 0.240 e. The molecule has 0 aliphatic carbocycles. The van der Waals surface area contributed by atoms with Crippen LogP contribution < -0.4 is 4.72 Å². The van der Waals surface area contributed by atoms with Crippen molar-refractivity contribution in [1.29, 1.82) is 0 Å². The first-order valence-electron chi connectivity index (χ1n) is 6.00. The Balaban J connectivity index is 2.13. The predicted molar refractivity (Wildman–Crippen MR) is 86.5 cm³/mol. The van der Waals surface area contributed by atoms with Crippen molar-refractivity contribution in [2.45, 2.75) is 9.23 Å². The van der Waals surface area contributed by atoms with Crippen molar-refractivity contribution in [2.24, 2.45) is 0 Å². The van der Waals surface area contributed by atoms with Gasteiger partial charge < -0.3 is 0 Å². The highest BCUT2D eigenvalue weighted by Crippen LogP contribution is 2.33. The van der Waals surface area contributed by atoms with Gasteiger partial charge in [0.05, 0.1) is 4.90 Å². The third-order valence-electron chi connectivity index (χ3n) is 2.80. The van der Waals surface area contributed by atoms with Gasteiger partial charge in [0, 0.05) is 11.6 Å². The Morgan fingerprint density at radius 2 is 1.52 bits per heavy atom. The second-order valence-electron chi connectivity index (χ2n) is 4.35. The normalized spacial score (nSPS) is 12.3. The predicted octanol–water partition coefficient (Wildman–Crippen LogP) is 3.95. The van der Waals surface area contributed by atoms with Crippen LogP contribution in [0.2, 0.25) is 5.02 Å². The van der Waals surface area contributed by atoms with Crippen LogP contribution in [0.4, 0.5) is 0 Å². The molecule has 0 bridgehead atoms. The lowest BCUT2D eigenvalue weighted by atomic mass is 10.1. The van der Waals surface area contributed by atoms with Crippen LogP contribution in [0.25, 0.3) is 0 Å². The fourth-order valence-electron chi connectivity index (χ4n) is 1.67. The standard InChI is InChI=1S/C14H12Cl3NO2S/c15-12-6-8-13(9-7-12)21(19,20)18-10-14(16,17)11-4-2-1-3-5-11/h1-9,18H,10H2. The molecule has 2 aromatic rings. The van der Waals surface area contributed by atoms with Gasteiger partial charge in [-0.15, -0.1) is 0 Å². The van der Waals surface area contributed by atoms with E-state index in [9.17, 15) is 8.42 Å². The minimum absolute atomic E-state index is 0.101. The molecule has 0 amide bonds. The first kappa shape index (κ1) is 16.6. The SMILES string of the molecule is O=S(=O)(NCC(Cl)(Cl)c1ccccc1)c1ccc(Cl)cc1. The van der Waals surface area contributed by atoms with E-state index in [1.54, 1.807) is 24.3 Å². The summed E-state index contributed by atoms with van der Waals surface area (Å²) in [4.78, 5) is 0.101. The molecule has 0 fully saturated rings. The number of nitrogens with one attached hydrogen (secondary N) is 1. The molecule has 0 unspecified atom stereocenters. The van der Waals surface area contributed by atoms with E-state index in [-0.39, 0.29) is 11.4 Å². The first-order valence-corrected chi connectivity index (χ1v) is 8.61. The second-order valence-corrected chi connectivity index (χ2v) is 8.04. The highest BCUT2D eigenvalue weighted by atomic mass is 35.5. The fraction of sp³-hybridized carbons (Fsp3) is 0.143. The molecule has 2 rings (SSSR count). The van der Waals surface area contributed by atoms with Gasteiger partial charge in [-0.3, -0.25) is 0 Å². The maximum absolute atomic E-state index is 12.1. The van der Waals surface area contributed by atoms with Crippen molar-refractivity contribution in [3.63, 3.8) is 0 Å². The number of benzene rings is 2. The molecule has 0 atom stereocenters. The summed E-state index contributed by atoms with van der Waals surface area (Å²) < 4.78 is 25.4. The van der Waals surface area contributed by atoms with E-state index < -0.39 is 14.4 Å². The third kappa shape index (κ3) is 4.34. The minimum Gasteiger partial charge on any atom is -0.208 e. The van der Waals surface area contributed by atoms with Gasteiger partial charge in [0.15, 0.2) is 4.33 Å². The summed E-state index contributed by atoms with van der Waals surface area (Å²) in [6, 6.07) is 14.7. The molecule has 112 valence electrons. The Kier molecular flexibility index (Phi) is 5.17. The lowest BCUT2D eigenvalue weighted by Gasteiger charge is -2.20. The minimum atomic E-state index is -3.70. The fourth-order valence-corrected chi connectivity index (χ4v) is 3.40. The molecule has 0 aromatic heterocycles. The molecule has 0 radical (unpaired) electrons. The smallest absolute Gasteiger partial charge is 0.208 e. The molecule has 0 aliphatic rings. The molecule has 0 spiro atoms. The average Bonchev–Trinajstić information content (AvgIpc) is 2.47. The van der Waals surface area contributed by atoms with E-state index >= 15 is 0 Å². The van der Waals surface area contributed by atoms with Gasteiger partial charge in [-0.25, -0.2) is 13.1 Å². The van der Waals surface area contributed by atoms with Crippen LogP contribution in [0.1, 0.15) is 5.56 Å². The van der Waals surface area contributed by atoms with Gasteiger partial charge in [0.25, 0.3) is 0 Å². The molecule has 0 saturated carbocycles.